The van der Waals surface area contributed by atoms with E-state index in [1.54, 1.807) is 0 Å². The number of amides is 1. The van der Waals surface area contributed by atoms with Crippen LogP contribution in [0.3, 0.4) is 0 Å². The Labute approximate surface area is 127 Å². The molecule has 22 heavy (non-hydrogen) atoms. The van der Waals surface area contributed by atoms with Gasteiger partial charge in [0.1, 0.15) is 18.3 Å². The highest BCUT2D eigenvalue weighted by Crippen LogP contribution is 2.32. The van der Waals surface area contributed by atoms with E-state index in [-0.39, 0.29) is 5.91 Å². The third-order valence-corrected chi connectivity index (χ3v) is 3.76. The van der Waals surface area contributed by atoms with Crippen LogP contribution in [0.25, 0.3) is 10.8 Å². The Morgan fingerprint density at radius 1 is 1.27 bits per heavy atom. The van der Waals surface area contributed by atoms with Gasteiger partial charge < -0.3 is 10.1 Å². The molecule has 2 atom stereocenters. The van der Waals surface area contributed by atoms with Crippen molar-refractivity contribution in [2.24, 2.45) is 5.92 Å². The fraction of sp³-hybridized carbons (Fsp3) is 0.312. The number of benzene rings is 2. The second kappa shape index (κ2) is 6.01. The van der Waals surface area contributed by atoms with Crippen LogP contribution in [0.1, 0.15) is 6.42 Å². The number of nitrogens with one attached hydrogen (secondary N) is 1. The quantitative estimate of drug-likeness (QED) is 0.502. The van der Waals surface area contributed by atoms with Crippen molar-refractivity contribution >= 4 is 16.7 Å². The summed E-state index contributed by atoms with van der Waals surface area (Å²) in [6.45, 7) is 0.673. The molecule has 0 bridgehead atoms. The summed E-state index contributed by atoms with van der Waals surface area (Å²) >= 11 is 0. The molecule has 0 aromatic heterocycles. The number of nitrogens with zero attached hydrogens (tertiary/aromatic N) is 1. The van der Waals surface area contributed by atoms with Crippen LogP contribution in [0, 0.1) is 16.0 Å². The first kappa shape index (κ1) is 14.3. The predicted molar refractivity (Wildman–Crippen MR) is 81.3 cm³/mol. The average Bonchev–Trinajstić information content (AvgIpc) is 3.32. The zero-order valence-electron chi connectivity index (χ0n) is 11.9. The van der Waals surface area contributed by atoms with E-state index < -0.39 is 16.9 Å². The van der Waals surface area contributed by atoms with E-state index in [1.807, 2.05) is 42.5 Å². The second-order valence-corrected chi connectivity index (χ2v) is 5.34. The Kier molecular flexibility index (Phi) is 3.91. The first-order valence-corrected chi connectivity index (χ1v) is 7.18. The topological polar surface area (TPSA) is 81.5 Å². The van der Waals surface area contributed by atoms with Gasteiger partial charge in [-0.1, -0.05) is 30.3 Å². The van der Waals surface area contributed by atoms with Crippen LogP contribution in [-0.4, -0.2) is 30.0 Å². The highest BCUT2D eigenvalue weighted by molar-refractivity contribution is 5.83. The summed E-state index contributed by atoms with van der Waals surface area (Å²) in [6, 6.07) is 13.1. The van der Waals surface area contributed by atoms with Crippen molar-refractivity contribution in [2.75, 3.05) is 13.2 Å². The van der Waals surface area contributed by atoms with Gasteiger partial charge in [0.15, 0.2) is 0 Å². The minimum Gasteiger partial charge on any atom is -0.492 e. The van der Waals surface area contributed by atoms with Crippen molar-refractivity contribution < 1.29 is 14.5 Å². The number of ether oxygens (including phenoxy) is 1. The van der Waals surface area contributed by atoms with Gasteiger partial charge in [-0.05, 0) is 22.9 Å². The van der Waals surface area contributed by atoms with Crippen LogP contribution in [0.15, 0.2) is 42.5 Å². The Morgan fingerprint density at radius 3 is 2.77 bits per heavy atom. The van der Waals surface area contributed by atoms with Gasteiger partial charge in [-0.2, -0.15) is 0 Å². The summed E-state index contributed by atoms with van der Waals surface area (Å²) < 4.78 is 5.59. The maximum absolute atomic E-state index is 11.6. The predicted octanol–water partition coefficient (Wildman–Crippen LogP) is 2.00. The lowest BCUT2D eigenvalue weighted by atomic mass is 10.1. The minimum absolute atomic E-state index is 0.260. The van der Waals surface area contributed by atoms with Crippen molar-refractivity contribution in [1.29, 1.82) is 0 Å². The van der Waals surface area contributed by atoms with Gasteiger partial charge in [-0.3, -0.25) is 14.9 Å². The summed E-state index contributed by atoms with van der Waals surface area (Å²) in [5.74, 6) is 0.00187. The lowest BCUT2D eigenvalue weighted by Crippen LogP contribution is -2.31. The van der Waals surface area contributed by atoms with Gasteiger partial charge in [-0.25, -0.2) is 0 Å². The number of fused-ring (bicyclic) bond motifs is 1. The fourth-order valence-corrected chi connectivity index (χ4v) is 2.43. The molecule has 6 nitrogen and oxygen atoms in total. The summed E-state index contributed by atoms with van der Waals surface area (Å²) in [5.41, 5.74) is 0. The molecule has 114 valence electrons. The highest BCUT2D eigenvalue weighted by Gasteiger charge is 2.53. The third kappa shape index (κ3) is 3.16. The number of hydrogen-bond donors (Lipinski definition) is 1. The van der Waals surface area contributed by atoms with Crippen LogP contribution >= 0.6 is 0 Å². The summed E-state index contributed by atoms with van der Waals surface area (Å²) in [6.07, 6.45) is 0.338. The Morgan fingerprint density at radius 2 is 2.05 bits per heavy atom. The van der Waals surface area contributed by atoms with Gasteiger partial charge in [0, 0.05) is 11.3 Å². The summed E-state index contributed by atoms with van der Waals surface area (Å²) in [5, 5.41) is 15.4. The van der Waals surface area contributed by atoms with E-state index in [0.29, 0.717) is 19.6 Å². The van der Waals surface area contributed by atoms with Crippen molar-refractivity contribution in [1.82, 2.24) is 5.32 Å². The first-order chi connectivity index (χ1) is 10.6. The van der Waals surface area contributed by atoms with E-state index in [2.05, 4.69) is 5.32 Å². The highest BCUT2D eigenvalue weighted by atomic mass is 16.6. The normalized spacial score (nSPS) is 19.6. The van der Waals surface area contributed by atoms with Crippen molar-refractivity contribution in [3.05, 3.63) is 52.6 Å². The molecule has 6 heteroatoms. The van der Waals surface area contributed by atoms with Crippen LogP contribution in [0.5, 0.6) is 5.75 Å². The standard InChI is InChI=1S/C16H16N2O4/c19-16(14-10-15(14)18(20)21)17-7-8-22-13-6-5-11-3-1-2-4-12(11)9-13/h1-6,9,14-15H,7-8,10H2,(H,17,19)/t14-,15-/m0/s1. The van der Waals surface area contributed by atoms with Crippen molar-refractivity contribution in [3.8, 4) is 5.75 Å². The van der Waals surface area contributed by atoms with Crippen LogP contribution in [0.4, 0.5) is 0 Å². The molecule has 0 radical (unpaired) electrons. The zero-order chi connectivity index (χ0) is 15.5. The second-order valence-electron chi connectivity index (χ2n) is 5.34. The van der Waals surface area contributed by atoms with E-state index in [9.17, 15) is 14.9 Å². The molecule has 2 aromatic rings. The molecule has 1 fully saturated rings. The molecule has 1 N–H and O–H groups in total. The van der Waals surface area contributed by atoms with Crippen molar-refractivity contribution in [3.63, 3.8) is 0 Å². The molecule has 0 aliphatic heterocycles. The van der Waals surface area contributed by atoms with Gasteiger partial charge in [0.25, 0.3) is 0 Å². The molecule has 0 saturated heterocycles. The Bertz CT molecular complexity index is 716. The fourth-order valence-electron chi connectivity index (χ4n) is 2.43. The molecule has 1 aliphatic rings. The maximum Gasteiger partial charge on any atom is 0.230 e. The summed E-state index contributed by atoms with van der Waals surface area (Å²) in [7, 11) is 0. The molecule has 3 rings (SSSR count). The number of carbonyl (C=O) groups is 1. The SMILES string of the molecule is O=C(NCCOc1ccc2ccccc2c1)[C@H]1C[C@@H]1[N+](=O)[O-]. The van der Waals surface area contributed by atoms with Crippen LogP contribution in [0.2, 0.25) is 0 Å². The van der Waals surface area contributed by atoms with E-state index in [4.69, 9.17) is 4.74 Å². The monoisotopic (exact) mass is 300 g/mol. The average molecular weight is 300 g/mol. The smallest absolute Gasteiger partial charge is 0.230 e. The Balaban J connectivity index is 1.44. The van der Waals surface area contributed by atoms with Gasteiger partial charge in [-0.15, -0.1) is 0 Å². The van der Waals surface area contributed by atoms with Crippen LogP contribution in [-0.2, 0) is 4.79 Å². The largest absolute Gasteiger partial charge is 0.492 e. The maximum atomic E-state index is 11.6. The molecule has 0 heterocycles. The first-order valence-electron chi connectivity index (χ1n) is 7.18. The van der Waals surface area contributed by atoms with Crippen molar-refractivity contribution in [2.45, 2.75) is 12.5 Å². The van der Waals surface area contributed by atoms with Gasteiger partial charge >= 0.3 is 0 Å². The number of nitro groups is 1. The third-order valence-electron chi connectivity index (χ3n) is 3.76. The molecule has 1 saturated carbocycles. The molecular weight excluding hydrogens is 284 g/mol. The molecule has 0 unspecified atom stereocenters. The number of hydrogen-bond acceptors (Lipinski definition) is 4. The lowest BCUT2D eigenvalue weighted by molar-refractivity contribution is -0.497. The van der Waals surface area contributed by atoms with Gasteiger partial charge in [0.05, 0.1) is 6.54 Å². The minimum atomic E-state index is -0.707. The molecule has 2 aromatic carbocycles. The van der Waals surface area contributed by atoms with Crippen LogP contribution < -0.4 is 10.1 Å². The zero-order valence-corrected chi connectivity index (χ0v) is 11.9. The Hall–Kier alpha value is -2.63. The van der Waals surface area contributed by atoms with E-state index in [0.717, 1.165) is 16.5 Å². The summed E-state index contributed by atoms with van der Waals surface area (Å²) in [4.78, 5) is 21.7. The van der Waals surface area contributed by atoms with E-state index in [1.165, 1.54) is 0 Å². The molecule has 0 spiro atoms. The lowest BCUT2D eigenvalue weighted by Gasteiger charge is -2.08. The number of rotatable bonds is 6. The number of carbonyl (C=O) groups excluding carboxylic acids is 1. The molecule has 1 amide bonds. The van der Waals surface area contributed by atoms with E-state index >= 15 is 0 Å². The van der Waals surface area contributed by atoms with Gasteiger partial charge in [0.2, 0.25) is 11.9 Å². The molecular formula is C16H16N2O4. The molecule has 1 aliphatic carbocycles.